The van der Waals surface area contributed by atoms with Crippen LogP contribution in [0.15, 0.2) is 28.7 Å². The third-order valence-electron chi connectivity index (χ3n) is 5.91. The number of carbonyl (C=O) groups is 2. The van der Waals surface area contributed by atoms with Gasteiger partial charge in [0.1, 0.15) is 11.6 Å². The minimum absolute atomic E-state index is 0.0176. The van der Waals surface area contributed by atoms with E-state index >= 15 is 0 Å². The lowest BCUT2D eigenvalue weighted by Gasteiger charge is -2.50. The first-order valence-electron chi connectivity index (χ1n) is 7.81. The van der Waals surface area contributed by atoms with Gasteiger partial charge in [-0.1, -0.05) is 28.1 Å². The second-order valence-corrected chi connectivity index (χ2v) is 7.88. The van der Waals surface area contributed by atoms with Crippen molar-refractivity contribution in [1.29, 1.82) is 0 Å². The Labute approximate surface area is 139 Å². The lowest BCUT2D eigenvalue weighted by molar-refractivity contribution is -0.163. The number of fused-ring (bicyclic) bond motifs is 1. The van der Waals surface area contributed by atoms with Crippen molar-refractivity contribution < 1.29 is 14.7 Å². The number of benzene rings is 1. The minimum Gasteiger partial charge on any atom is -0.388 e. The summed E-state index contributed by atoms with van der Waals surface area (Å²) in [6.07, 6.45) is 2.19. The molecule has 1 aromatic rings. The number of Topliss-reactive ketones (excluding diaryl/α,β-unsaturated/α-hetero) is 2. The molecule has 1 N–H and O–H groups in total. The second-order valence-electron chi connectivity index (χ2n) is 6.96. The molecule has 0 heterocycles. The lowest BCUT2D eigenvalue weighted by Crippen LogP contribution is -2.57. The number of halogens is 1. The number of rotatable bonds is 2. The molecule has 22 heavy (non-hydrogen) atoms. The van der Waals surface area contributed by atoms with Crippen LogP contribution in [0.1, 0.15) is 51.0 Å². The van der Waals surface area contributed by atoms with Crippen LogP contribution in [0.5, 0.6) is 0 Å². The number of carbonyl (C=O) groups excluding carboxylic acids is 2. The van der Waals surface area contributed by atoms with E-state index in [9.17, 15) is 14.7 Å². The number of aliphatic hydroxyl groups is 1. The lowest BCUT2D eigenvalue weighted by atomic mass is 9.55. The minimum atomic E-state index is -1.20. The third kappa shape index (κ3) is 2.11. The highest BCUT2D eigenvalue weighted by atomic mass is 79.9. The van der Waals surface area contributed by atoms with Crippen LogP contribution in [0.4, 0.5) is 0 Å². The van der Waals surface area contributed by atoms with Gasteiger partial charge in [-0.15, -0.1) is 0 Å². The highest BCUT2D eigenvalue weighted by Crippen LogP contribution is 2.59. The summed E-state index contributed by atoms with van der Waals surface area (Å²) in [4.78, 5) is 24.7. The van der Waals surface area contributed by atoms with Crippen LogP contribution in [0.2, 0.25) is 0 Å². The molecule has 0 bridgehead atoms. The highest BCUT2D eigenvalue weighted by molar-refractivity contribution is 9.10. The quantitative estimate of drug-likeness (QED) is 0.871. The van der Waals surface area contributed by atoms with E-state index in [4.69, 9.17) is 0 Å². The number of hydrogen-bond donors (Lipinski definition) is 1. The summed E-state index contributed by atoms with van der Waals surface area (Å²) in [6, 6.07) is 7.94. The van der Waals surface area contributed by atoms with Crippen molar-refractivity contribution in [2.45, 2.75) is 51.0 Å². The summed E-state index contributed by atoms with van der Waals surface area (Å²) in [5, 5.41) is 11.3. The molecule has 0 aliphatic heterocycles. The molecule has 0 unspecified atom stereocenters. The average molecular weight is 365 g/mol. The normalized spacial score (nSPS) is 37.9. The Morgan fingerprint density at radius 3 is 2.50 bits per heavy atom. The van der Waals surface area contributed by atoms with E-state index < -0.39 is 16.9 Å². The summed E-state index contributed by atoms with van der Waals surface area (Å²) in [5.74, 6) is -0.431. The molecular formula is C18H21BrO3. The zero-order chi connectivity index (χ0) is 16.1. The first-order chi connectivity index (χ1) is 10.3. The molecule has 2 aliphatic carbocycles. The molecule has 4 heteroatoms. The Morgan fingerprint density at radius 1 is 1.27 bits per heavy atom. The Morgan fingerprint density at radius 2 is 1.91 bits per heavy atom. The van der Waals surface area contributed by atoms with Crippen molar-refractivity contribution in [1.82, 2.24) is 0 Å². The van der Waals surface area contributed by atoms with E-state index in [0.717, 1.165) is 16.5 Å². The van der Waals surface area contributed by atoms with Gasteiger partial charge in [-0.3, -0.25) is 9.59 Å². The van der Waals surface area contributed by atoms with Crippen LogP contribution in [-0.4, -0.2) is 22.3 Å². The smallest absolute Gasteiger partial charge is 0.141 e. The Bertz CT molecular complexity index is 624. The van der Waals surface area contributed by atoms with Crippen molar-refractivity contribution >= 4 is 27.5 Å². The molecule has 1 aromatic carbocycles. The molecule has 3 rings (SSSR count). The topological polar surface area (TPSA) is 54.4 Å². The fourth-order valence-electron chi connectivity index (χ4n) is 4.58. The summed E-state index contributed by atoms with van der Waals surface area (Å²) < 4.78 is 0.992. The molecule has 0 radical (unpaired) electrons. The van der Waals surface area contributed by atoms with E-state index in [0.29, 0.717) is 19.3 Å². The molecule has 4 atom stereocenters. The van der Waals surface area contributed by atoms with Gasteiger partial charge in [0.25, 0.3) is 0 Å². The standard InChI is InChI=1S/C18H21BrO3/c1-11(20)16-14(12-3-5-13(19)6-4-12)7-9-17(2)15(21)8-10-18(16,17)22/h3-6,14,16,22H,7-10H2,1-2H3/t14-,16-,17+,18-/m1/s1. The molecule has 118 valence electrons. The summed E-state index contributed by atoms with van der Waals surface area (Å²) in [7, 11) is 0. The van der Waals surface area contributed by atoms with E-state index in [1.807, 2.05) is 31.2 Å². The largest absolute Gasteiger partial charge is 0.388 e. The molecule has 0 aromatic heterocycles. The number of ketones is 2. The highest BCUT2D eigenvalue weighted by Gasteiger charge is 2.64. The third-order valence-corrected chi connectivity index (χ3v) is 6.44. The van der Waals surface area contributed by atoms with Gasteiger partial charge >= 0.3 is 0 Å². The summed E-state index contributed by atoms with van der Waals surface area (Å²) in [5.41, 5.74) is -0.903. The molecular weight excluding hydrogens is 344 g/mol. The van der Waals surface area contributed by atoms with Gasteiger partial charge in [0.2, 0.25) is 0 Å². The van der Waals surface area contributed by atoms with Crippen LogP contribution in [0.3, 0.4) is 0 Å². The predicted molar refractivity (Wildman–Crippen MR) is 87.6 cm³/mol. The maximum Gasteiger partial charge on any atom is 0.141 e. The average Bonchev–Trinajstić information content (AvgIpc) is 2.70. The van der Waals surface area contributed by atoms with E-state index in [2.05, 4.69) is 15.9 Å². The zero-order valence-electron chi connectivity index (χ0n) is 12.9. The van der Waals surface area contributed by atoms with Crippen molar-refractivity contribution in [3.05, 3.63) is 34.3 Å². The van der Waals surface area contributed by atoms with E-state index in [-0.39, 0.29) is 17.5 Å². The maximum atomic E-state index is 12.4. The Kier molecular flexibility index (Phi) is 3.81. The molecule has 0 spiro atoms. The van der Waals surface area contributed by atoms with Gasteiger partial charge in [0, 0.05) is 10.9 Å². The first-order valence-corrected chi connectivity index (χ1v) is 8.60. The van der Waals surface area contributed by atoms with Crippen LogP contribution in [0, 0.1) is 11.3 Å². The molecule has 2 aliphatic rings. The Balaban J connectivity index is 2.06. The SMILES string of the molecule is CC(=O)[C@@H]1[C@@H](c2ccc(Br)cc2)CC[C@@]2(C)C(=O)CC[C@@]12O. The summed E-state index contributed by atoms with van der Waals surface area (Å²) in [6.45, 7) is 3.39. The predicted octanol–water partition coefficient (Wildman–Crippen LogP) is 3.63. The first kappa shape index (κ1) is 15.9. The molecule has 3 nitrogen and oxygen atoms in total. The molecule has 0 amide bonds. The van der Waals surface area contributed by atoms with Crippen LogP contribution >= 0.6 is 15.9 Å². The van der Waals surface area contributed by atoms with Crippen LogP contribution in [-0.2, 0) is 9.59 Å². The van der Waals surface area contributed by atoms with E-state index in [1.165, 1.54) is 0 Å². The van der Waals surface area contributed by atoms with Gasteiger partial charge in [-0.05, 0) is 56.7 Å². The fourth-order valence-corrected chi connectivity index (χ4v) is 4.85. The van der Waals surface area contributed by atoms with Gasteiger partial charge in [-0.2, -0.15) is 0 Å². The van der Waals surface area contributed by atoms with Gasteiger partial charge < -0.3 is 5.11 Å². The molecule has 2 saturated carbocycles. The zero-order valence-corrected chi connectivity index (χ0v) is 14.5. The second kappa shape index (κ2) is 5.27. The van der Waals surface area contributed by atoms with Gasteiger partial charge in [0.05, 0.1) is 16.9 Å². The van der Waals surface area contributed by atoms with Gasteiger partial charge in [0.15, 0.2) is 0 Å². The van der Waals surface area contributed by atoms with Crippen molar-refractivity contribution in [2.24, 2.45) is 11.3 Å². The van der Waals surface area contributed by atoms with Gasteiger partial charge in [-0.25, -0.2) is 0 Å². The van der Waals surface area contributed by atoms with Crippen LogP contribution in [0.25, 0.3) is 0 Å². The van der Waals surface area contributed by atoms with Crippen molar-refractivity contribution in [2.75, 3.05) is 0 Å². The summed E-state index contributed by atoms with van der Waals surface area (Å²) >= 11 is 3.42. The van der Waals surface area contributed by atoms with Crippen molar-refractivity contribution in [3.63, 3.8) is 0 Å². The van der Waals surface area contributed by atoms with Crippen molar-refractivity contribution in [3.8, 4) is 0 Å². The van der Waals surface area contributed by atoms with E-state index in [1.54, 1.807) is 6.92 Å². The fraction of sp³-hybridized carbons (Fsp3) is 0.556. The maximum absolute atomic E-state index is 12.4. The monoisotopic (exact) mass is 364 g/mol. The van der Waals surface area contributed by atoms with Crippen LogP contribution < -0.4 is 0 Å². The molecule has 0 saturated heterocycles. The molecule has 2 fully saturated rings. The number of hydrogen-bond acceptors (Lipinski definition) is 3. The Hall–Kier alpha value is -1.00.